The molecule has 3 rings (SSSR count). The molecule has 0 saturated heterocycles. The summed E-state index contributed by atoms with van der Waals surface area (Å²) in [5.74, 6) is -0.262. The van der Waals surface area contributed by atoms with Gasteiger partial charge >= 0.3 is 0 Å². The van der Waals surface area contributed by atoms with Crippen LogP contribution in [-0.2, 0) is 0 Å². The first-order valence-electron chi connectivity index (χ1n) is 5.77. The molecular formula is C14H12N2O2S. The van der Waals surface area contributed by atoms with Gasteiger partial charge in [0.1, 0.15) is 5.01 Å². The van der Waals surface area contributed by atoms with Gasteiger partial charge in [0.25, 0.3) is 0 Å². The summed E-state index contributed by atoms with van der Waals surface area (Å²) >= 11 is 1.54. The Morgan fingerprint density at radius 1 is 1.16 bits per heavy atom. The average Bonchev–Trinajstić information content (AvgIpc) is 3.01. The Labute approximate surface area is 114 Å². The molecule has 1 aromatic carbocycles. The molecule has 0 amide bonds. The zero-order chi connectivity index (χ0) is 13.4. The smallest absolute Gasteiger partial charge is 0.158 e. The lowest BCUT2D eigenvalue weighted by Gasteiger charge is -2.00. The van der Waals surface area contributed by atoms with Gasteiger partial charge in [-0.15, -0.1) is 11.3 Å². The molecule has 0 radical (unpaired) electrons. The molecule has 0 saturated carbocycles. The van der Waals surface area contributed by atoms with Gasteiger partial charge in [-0.25, -0.2) is 4.98 Å². The Balaban J connectivity index is 2.01. The maximum Gasteiger partial charge on any atom is 0.158 e. The van der Waals surface area contributed by atoms with Crippen LogP contribution < -0.4 is 0 Å². The molecule has 0 atom stereocenters. The van der Waals surface area contributed by atoms with Crippen molar-refractivity contribution < 1.29 is 10.2 Å². The number of nitrogens with zero attached hydrogens (tertiary/aromatic N) is 1. The van der Waals surface area contributed by atoms with Crippen LogP contribution in [0.2, 0.25) is 0 Å². The zero-order valence-corrected chi connectivity index (χ0v) is 11.0. The minimum atomic E-state index is -0.136. The van der Waals surface area contributed by atoms with E-state index in [1.165, 1.54) is 23.5 Å². The summed E-state index contributed by atoms with van der Waals surface area (Å²) in [4.78, 5) is 7.71. The largest absolute Gasteiger partial charge is 0.504 e. The Kier molecular flexibility index (Phi) is 2.76. The molecule has 3 aromatic rings. The van der Waals surface area contributed by atoms with Crippen molar-refractivity contribution in [2.24, 2.45) is 0 Å². The van der Waals surface area contributed by atoms with E-state index in [2.05, 4.69) is 9.97 Å². The fourth-order valence-corrected chi connectivity index (χ4v) is 2.78. The summed E-state index contributed by atoms with van der Waals surface area (Å²) in [6, 6.07) is 6.71. The van der Waals surface area contributed by atoms with Gasteiger partial charge in [-0.2, -0.15) is 0 Å². The number of rotatable bonds is 2. The summed E-state index contributed by atoms with van der Waals surface area (Å²) in [6.07, 6.45) is 1.89. The van der Waals surface area contributed by atoms with E-state index in [-0.39, 0.29) is 11.5 Å². The third kappa shape index (κ3) is 2.08. The van der Waals surface area contributed by atoms with Crippen LogP contribution in [0.4, 0.5) is 0 Å². The Morgan fingerprint density at radius 3 is 2.68 bits per heavy atom. The Morgan fingerprint density at radius 2 is 2.00 bits per heavy atom. The summed E-state index contributed by atoms with van der Waals surface area (Å²) in [7, 11) is 0. The molecular weight excluding hydrogens is 260 g/mol. The van der Waals surface area contributed by atoms with E-state index in [0.717, 1.165) is 27.5 Å². The average molecular weight is 272 g/mol. The second-order valence-corrected chi connectivity index (χ2v) is 5.14. The quantitative estimate of drug-likeness (QED) is 0.625. The maximum atomic E-state index is 9.52. The van der Waals surface area contributed by atoms with Gasteiger partial charge in [-0.3, -0.25) is 0 Å². The summed E-state index contributed by atoms with van der Waals surface area (Å²) in [5, 5.41) is 21.7. The van der Waals surface area contributed by atoms with Crippen molar-refractivity contribution in [1.29, 1.82) is 0 Å². The molecule has 0 fully saturated rings. The van der Waals surface area contributed by atoms with E-state index < -0.39 is 0 Å². The van der Waals surface area contributed by atoms with Crippen LogP contribution in [-0.4, -0.2) is 20.2 Å². The molecule has 5 heteroatoms. The topological polar surface area (TPSA) is 69.1 Å². The molecule has 0 unspecified atom stereocenters. The van der Waals surface area contributed by atoms with E-state index in [0.29, 0.717) is 0 Å². The number of thiazole rings is 1. The van der Waals surface area contributed by atoms with Gasteiger partial charge in [0, 0.05) is 17.1 Å². The van der Waals surface area contributed by atoms with Crippen molar-refractivity contribution in [1.82, 2.24) is 9.97 Å². The lowest BCUT2D eigenvalue weighted by Crippen LogP contribution is -1.81. The molecule has 96 valence electrons. The summed E-state index contributed by atoms with van der Waals surface area (Å²) in [6.45, 7) is 2.03. The molecule has 2 aromatic heterocycles. The van der Waals surface area contributed by atoms with E-state index >= 15 is 0 Å². The number of aromatic nitrogens is 2. The highest BCUT2D eigenvalue weighted by Crippen LogP contribution is 2.33. The maximum absolute atomic E-state index is 9.52. The molecule has 19 heavy (non-hydrogen) atoms. The first kappa shape index (κ1) is 11.8. The number of hydrogen-bond acceptors (Lipinski definition) is 4. The number of phenolic OH excluding ortho intramolecular Hbond substituents is 2. The van der Waals surface area contributed by atoms with Crippen molar-refractivity contribution in [3.8, 4) is 33.5 Å². The second kappa shape index (κ2) is 4.44. The third-order valence-corrected chi connectivity index (χ3v) is 3.80. The SMILES string of the molecule is Cc1cc[nH]c1-c1nc(-c2ccc(O)c(O)c2)cs1. The molecule has 0 spiro atoms. The van der Waals surface area contributed by atoms with Gasteiger partial charge in [0.2, 0.25) is 0 Å². The van der Waals surface area contributed by atoms with Crippen LogP contribution in [0.1, 0.15) is 5.56 Å². The van der Waals surface area contributed by atoms with Gasteiger partial charge in [0.15, 0.2) is 11.5 Å². The van der Waals surface area contributed by atoms with Gasteiger partial charge in [-0.1, -0.05) is 0 Å². The minimum absolute atomic E-state index is 0.126. The number of aromatic amines is 1. The number of aromatic hydroxyl groups is 2. The second-order valence-electron chi connectivity index (χ2n) is 4.28. The standard InChI is InChI=1S/C14H12N2O2S/c1-8-4-5-15-13(8)14-16-10(7-19-14)9-2-3-11(17)12(18)6-9/h2-7,15,17-18H,1H3. The third-order valence-electron chi connectivity index (χ3n) is 2.94. The van der Waals surface area contributed by atoms with E-state index in [4.69, 9.17) is 0 Å². The van der Waals surface area contributed by atoms with Gasteiger partial charge < -0.3 is 15.2 Å². The van der Waals surface area contributed by atoms with Crippen molar-refractivity contribution in [3.63, 3.8) is 0 Å². The highest BCUT2D eigenvalue weighted by atomic mass is 32.1. The minimum Gasteiger partial charge on any atom is -0.504 e. The zero-order valence-electron chi connectivity index (χ0n) is 10.2. The molecule has 0 aliphatic heterocycles. The van der Waals surface area contributed by atoms with E-state index in [1.54, 1.807) is 6.07 Å². The lowest BCUT2D eigenvalue weighted by molar-refractivity contribution is 0.404. The van der Waals surface area contributed by atoms with Gasteiger partial charge in [0.05, 0.1) is 11.4 Å². The number of phenols is 2. The predicted octanol–water partition coefficient (Wildman–Crippen LogP) is 3.52. The number of benzene rings is 1. The monoisotopic (exact) mass is 272 g/mol. The number of H-pyrrole nitrogens is 1. The van der Waals surface area contributed by atoms with Crippen LogP contribution in [0, 0.1) is 6.92 Å². The summed E-state index contributed by atoms with van der Waals surface area (Å²) < 4.78 is 0. The van der Waals surface area contributed by atoms with Crippen LogP contribution in [0.3, 0.4) is 0 Å². The normalized spacial score (nSPS) is 10.8. The highest BCUT2D eigenvalue weighted by molar-refractivity contribution is 7.13. The van der Waals surface area contributed by atoms with Crippen LogP contribution in [0.5, 0.6) is 11.5 Å². The fraction of sp³-hybridized carbons (Fsp3) is 0.0714. The predicted molar refractivity (Wildman–Crippen MR) is 75.4 cm³/mol. The molecule has 2 heterocycles. The van der Waals surface area contributed by atoms with Crippen molar-refractivity contribution in [2.45, 2.75) is 6.92 Å². The highest BCUT2D eigenvalue weighted by Gasteiger charge is 2.10. The summed E-state index contributed by atoms with van der Waals surface area (Å²) in [5.41, 5.74) is 3.72. The number of nitrogens with one attached hydrogen (secondary N) is 1. The van der Waals surface area contributed by atoms with Crippen LogP contribution >= 0.6 is 11.3 Å². The first-order chi connectivity index (χ1) is 9.15. The first-order valence-corrected chi connectivity index (χ1v) is 6.65. The molecule has 3 N–H and O–H groups in total. The number of aryl methyl sites for hydroxylation is 1. The van der Waals surface area contributed by atoms with E-state index in [9.17, 15) is 10.2 Å². The van der Waals surface area contributed by atoms with E-state index in [1.807, 2.05) is 24.6 Å². The lowest BCUT2D eigenvalue weighted by atomic mass is 10.1. The fourth-order valence-electron chi connectivity index (χ4n) is 1.88. The molecule has 0 aliphatic rings. The Bertz CT molecular complexity index is 731. The van der Waals surface area contributed by atoms with Gasteiger partial charge in [-0.05, 0) is 36.8 Å². The molecule has 4 nitrogen and oxygen atoms in total. The molecule has 0 bridgehead atoms. The molecule has 0 aliphatic carbocycles. The Hall–Kier alpha value is -2.27. The van der Waals surface area contributed by atoms with Crippen molar-refractivity contribution in [2.75, 3.05) is 0 Å². The van der Waals surface area contributed by atoms with Crippen molar-refractivity contribution >= 4 is 11.3 Å². The number of hydrogen-bond donors (Lipinski definition) is 3. The van der Waals surface area contributed by atoms with Crippen LogP contribution in [0.25, 0.3) is 22.0 Å². The van der Waals surface area contributed by atoms with Crippen LogP contribution in [0.15, 0.2) is 35.8 Å². The van der Waals surface area contributed by atoms with Crippen molar-refractivity contribution in [3.05, 3.63) is 41.4 Å².